The van der Waals surface area contributed by atoms with Crippen molar-refractivity contribution in [2.75, 3.05) is 12.0 Å². The fourth-order valence-corrected chi connectivity index (χ4v) is 3.09. The van der Waals surface area contributed by atoms with Gasteiger partial charge < -0.3 is 4.74 Å². The number of carbonyl (C=O) groups excluding carboxylic acids is 2. The van der Waals surface area contributed by atoms with Crippen LogP contribution in [0.3, 0.4) is 0 Å². The first-order valence-corrected chi connectivity index (χ1v) is 8.01. The van der Waals surface area contributed by atoms with Gasteiger partial charge in [0, 0.05) is 6.08 Å². The number of anilines is 1. The Morgan fingerprint density at radius 1 is 1.08 bits per heavy atom. The Labute approximate surface area is 143 Å². The van der Waals surface area contributed by atoms with Crippen molar-refractivity contribution in [1.82, 2.24) is 0 Å². The predicted molar refractivity (Wildman–Crippen MR) is 95.2 cm³/mol. The lowest BCUT2D eigenvalue weighted by Gasteiger charge is -2.15. The van der Waals surface area contributed by atoms with Crippen LogP contribution in [-0.2, 0) is 14.3 Å². The number of ether oxygens (including phenoxy) is 1. The van der Waals surface area contributed by atoms with Gasteiger partial charge in [-0.05, 0) is 36.0 Å². The molecule has 0 aromatic heterocycles. The average Bonchev–Trinajstić information content (AvgIpc) is 2.91. The van der Waals surface area contributed by atoms with Crippen molar-refractivity contribution >= 4 is 40.2 Å². The zero-order chi connectivity index (χ0) is 16.9. The number of amidine groups is 1. The molecule has 0 aliphatic carbocycles. The van der Waals surface area contributed by atoms with E-state index in [-0.39, 0.29) is 10.8 Å². The van der Waals surface area contributed by atoms with Gasteiger partial charge in [0.15, 0.2) is 5.17 Å². The van der Waals surface area contributed by atoms with E-state index in [9.17, 15) is 9.59 Å². The van der Waals surface area contributed by atoms with E-state index in [1.54, 1.807) is 0 Å². The van der Waals surface area contributed by atoms with E-state index < -0.39 is 5.97 Å². The largest absolute Gasteiger partial charge is 0.466 e. The van der Waals surface area contributed by atoms with E-state index in [2.05, 4.69) is 9.73 Å². The van der Waals surface area contributed by atoms with Gasteiger partial charge in [-0.2, -0.15) is 0 Å². The number of hydrogen-bond acceptors (Lipinski definition) is 5. The number of thioether (sulfide) groups is 1. The van der Waals surface area contributed by atoms with Crippen LogP contribution in [-0.4, -0.2) is 24.2 Å². The molecule has 0 radical (unpaired) electrons. The number of hydrogen-bond donors (Lipinski definition) is 0. The molecule has 0 N–H and O–H groups in total. The third kappa shape index (κ3) is 3.38. The summed E-state index contributed by atoms with van der Waals surface area (Å²) in [5.74, 6) is -0.869. The molecule has 120 valence electrons. The lowest BCUT2D eigenvalue weighted by Crippen LogP contribution is -2.28. The number of benzene rings is 2. The van der Waals surface area contributed by atoms with Crippen molar-refractivity contribution in [2.45, 2.75) is 0 Å². The number of para-hydroxylation sites is 2. The summed E-state index contributed by atoms with van der Waals surface area (Å²) >= 11 is 1.15. The molecule has 1 fully saturated rings. The fourth-order valence-electron chi connectivity index (χ4n) is 2.13. The smallest absolute Gasteiger partial charge is 0.331 e. The summed E-state index contributed by atoms with van der Waals surface area (Å²) in [5, 5.41) is 0.493. The lowest BCUT2D eigenvalue weighted by atomic mass is 10.3. The molecule has 1 saturated heterocycles. The molecule has 2 aromatic rings. The van der Waals surface area contributed by atoms with Crippen LogP contribution in [0.25, 0.3) is 0 Å². The van der Waals surface area contributed by atoms with Crippen LogP contribution in [0.15, 0.2) is 76.6 Å². The topological polar surface area (TPSA) is 59.0 Å². The highest BCUT2D eigenvalue weighted by molar-refractivity contribution is 8.19. The quantitative estimate of drug-likeness (QED) is 0.635. The second-order valence-electron chi connectivity index (χ2n) is 4.84. The van der Waals surface area contributed by atoms with Gasteiger partial charge in [-0.3, -0.25) is 9.69 Å². The van der Waals surface area contributed by atoms with Crippen molar-refractivity contribution < 1.29 is 14.3 Å². The number of aliphatic imine (C=N–C) groups is 1. The summed E-state index contributed by atoms with van der Waals surface area (Å²) in [4.78, 5) is 30.5. The minimum absolute atomic E-state index is 0.278. The van der Waals surface area contributed by atoms with Gasteiger partial charge in [0.2, 0.25) is 0 Å². The normalized spacial score (nSPS) is 17.5. The molecule has 1 aliphatic heterocycles. The molecular formula is C18H14N2O3S. The predicted octanol–water partition coefficient (Wildman–Crippen LogP) is 3.51. The maximum absolute atomic E-state index is 12.7. The summed E-state index contributed by atoms with van der Waals surface area (Å²) < 4.78 is 4.62. The number of methoxy groups -OCH3 is 1. The maximum Gasteiger partial charge on any atom is 0.331 e. The Morgan fingerprint density at radius 3 is 2.33 bits per heavy atom. The van der Waals surface area contributed by atoms with Gasteiger partial charge in [0.1, 0.15) is 0 Å². The number of rotatable bonds is 3. The van der Waals surface area contributed by atoms with E-state index in [1.807, 2.05) is 60.7 Å². The summed E-state index contributed by atoms with van der Waals surface area (Å²) in [6.07, 6.45) is 1.19. The van der Waals surface area contributed by atoms with Gasteiger partial charge in [-0.25, -0.2) is 9.79 Å². The molecule has 3 rings (SSSR count). The Bertz CT molecular complexity index is 817. The molecule has 0 saturated carbocycles. The molecule has 1 aliphatic rings. The second-order valence-corrected chi connectivity index (χ2v) is 5.85. The summed E-state index contributed by atoms with van der Waals surface area (Å²) in [6, 6.07) is 18.5. The van der Waals surface area contributed by atoms with Gasteiger partial charge >= 0.3 is 5.97 Å². The molecule has 0 spiro atoms. The molecule has 0 unspecified atom stereocenters. The summed E-state index contributed by atoms with van der Waals surface area (Å²) in [6.45, 7) is 0. The van der Waals surface area contributed by atoms with Crippen LogP contribution in [0.5, 0.6) is 0 Å². The lowest BCUT2D eigenvalue weighted by molar-refractivity contribution is -0.135. The van der Waals surface area contributed by atoms with Crippen molar-refractivity contribution in [3.05, 3.63) is 71.6 Å². The summed E-state index contributed by atoms with van der Waals surface area (Å²) in [7, 11) is 1.28. The van der Waals surface area contributed by atoms with Crippen LogP contribution < -0.4 is 4.90 Å². The first-order chi connectivity index (χ1) is 11.7. The molecule has 6 heteroatoms. The number of esters is 1. The molecule has 0 bridgehead atoms. The first-order valence-electron chi connectivity index (χ1n) is 7.20. The zero-order valence-electron chi connectivity index (χ0n) is 12.9. The van der Waals surface area contributed by atoms with Crippen LogP contribution in [0.4, 0.5) is 11.4 Å². The first kappa shape index (κ1) is 16.0. The standard InChI is InChI=1S/C18H14N2O3S/c1-23-16(21)12-15-17(22)20(14-10-6-3-7-11-14)18(24-15)19-13-8-4-2-5-9-13/h2-12H,1H3/b15-12+,19-18?. The van der Waals surface area contributed by atoms with Crippen molar-refractivity contribution in [3.63, 3.8) is 0 Å². The fraction of sp³-hybridized carbons (Fsp3) is 0.0556. The van der Waals surface area contributed by atoms with E-state index in [0.29, 0.717) is 10.9 Å². The van der Waals surface area contributed by atoms with E-state index in [4.69, 9.17) is 0 Å². The highest BCUT2D eigenvalue weighted by Crippen LogP contribution is 2.36. The summed E-state index contributed by atoms with van der Waals surface area (Å²) in [5.41, 5.74) is 1.42. The molecule has 24 heavy (non-hydrogen) atoms. The molecule has 1 heterocycles. The second kappa shape index (κ2) is 7.14. The van der Waals surface area contributed by atoms with Gasteiger partial charge in [0.05, 0.1) is 23.4 Å². The SMILES string of the molecule is COC(=O)/C=C1/SC(=Nc2ccccc2)N(c2ccccc2)C1=O. The van der Waals surface area contributed by atoms with Gasteiger partial charge in [0.25, 0.3) is 5.91 Å². The molecule has 5 nitrogen and oxygen atoms in total. The zero-order valence-corrected chi connectivity index (χ0v) is 13.7. The van der Waals surface area contributed by atoms with Crippen LogP contribution in [0.2, 0.25) is 0 Å². The van der Waals surface area contributed by atoms with Crippen LogP contribution >= 0.6 is 11.8 Å². The van der Waals surface area contributed by atoms with E-state index in [0.717, 1.165) is 17.4 Å². The molecule has 2 aromatic carbocycles. The molecule has 0 atom stereocenters. The highest BCUT2D eigenvalue weighted by atomic mass is 32.2. The van der Waals surface area contributed by atoms with Crippen molar-refractivity contribution in [1.29, 1.82) is 0 Å². The number of amides is 1. The minimum atomic E-state index is -0.570. The Hall–Kier alpha value is -2.86. The van der Waals surface area contributed by atoms with Gasteiger partial charge in [-0.15, -0.1) is 0 Å². The van der Waals surface area contributed by atoms with Gasteiger partial charge in [-0.1, -0.05) is 36.4 Å². The maximum atomic E-state index is 12.7. The van der Waals surface area contributed by atoms with E-state index in [1.165, 1.54) is 18.1 Å². The molecular weight excluding hydrogens is 324 g/mol. The third-order valence-corrected chi connectivity index (χ3v) is 4.22. The minimum Gasteiger partial charge on any atom is -0.466 e. The number of nitrogens with zero attached hydrogens (tertiary/aromatic N) is 2. The third-order valence-electron chi connectivity index (χ3n) is 3.25. The Kier molecular flexibility index (Phi) is 4.77. The van der Waals surface area contributed by atoms with E-state index >= 15 is 0 Å². The van der Waals surface area contributed by atoms with Crippen LogP contribution in [0.1, 0.15) is 0 Å². The Balaban J connectivity index is 2.04. The monoisotopic (exact) mass is 338 g/mol. The molecule has 1 amide bonds. The average molecular weight is 338 g/mol. The van der Waals surface area contributed by atoms with Crippen LogP contribution in [0, 0.1) is 0 Å². The highest BCUT2D eigenvalue weighted by Gasteiger charge is 2.35. The Morgan fingerprint density at radius 2 is 1.71 bits per heavy atom. The van der Waals surface area contributed by atoms with Crippen molar-refractivity contribution in [3.8, 4) is 0 Å². The van der Waals surface area contributed by atoms with Crippen molar-refractivity contribution in [2.24, 2.45) is 4.99 Å². The number of carbonyl (C=O) groups is 2.